The number of nitrogens with zero attached hydrogens (tertiary/aromatic N) is 3. The highest BCUT2D eigenvalue weighted by atomic mass is 32.2. The van der Waals surface area contributed by atoms with Gasteiger partial charge in [-0.3, -0.25) is 19.6 Å². The number of aliphatic imine (C=N–C) groups is 1. The molecule has 3 aromatic rings. The highest BCUT2D eigenvalue weighted by molar-refractivity contribution is 8.05. The van der Waals surface area contributed by atoms with Gasteiger partial charge in [-0.1, -0.05) is 6.07 Å². The smallest absolute Gasteiger partial charge is 0.273 e. The molecule has 1 saturated heterocycles. The largest absolute Gasteiger partial charge is 0.497 e. The van der Waals surface area contributed by atoms with Crippen LogP contribution in [0.5, 0.6) is 5.75 Å². The minimum absolute atomic E-state index is 0.0349. The second-order valence-corrected chi connectivity index (χ2v) is 11.4. The van der Waals surface area contributed by atoms with Gasteiger partial charge in [-0.15, -0.1) is 0 Å². The van der Waals surface area contributed by atoms with Crippen LogP contribution in [0.2, 0.25) is 0 Å². The maximum absolute atomic E-state index is 13.8. The lowest BCUT2D eigenvalue weighted by Crippen LogP contribution is -2.55. The van der Waals surface area contributed by atoms with E-state index in [4.69, 9.17) is 10.1 Å². The second-order valence-electron chi connectivity index (χ2n) is 9.44. The van der Waals surface area contributed by atoms with Crippen LogP contribution in [-0.2, 0) is 14.6 Å². The number of ether oxygens (including phenoxy) is 1. The third-order valence-corrected chi connectivity index (χ3v) is 8.00. The van der Waals surface area contributed by atoms with Gasteiger partial charge in [-0.2, -0.15) is 0 Å². The summed E-state index contributed by atoms with van der Waals surface area (Å²) in [5, 5.41) is 8.02. The van der Waals surface area contributed by atoms with Crippen LogP contribution in [0.1, 0.15) is 12.8 Å². The number of hydrogen-bond acceptors (Lipinski definition) is 7. The van der Waals surface area contributed by atoms with Crippen LogP contribution in [0, 0.1) is 16.7 Å². The number of carbonyl (C=O) groups excluding carboxylic acids is 1. The van der Waals surface area contributed by atoms with E-state index in [9.17, 15) is 18.0 Å². The van der Waals surface area contributed by atoms with E-state index in [0.717, 1.165) is 6.26 Å². The number of hydrogen-bond donors (Lipinski definition) is 1. The van der Waals surface area contributed by atoms with Crippen LogP contribution >= 0.6 is 0 Å². The molecular weight excluding hydrogens is 492 g/mol. The zero-order valence-corrected chi connectivity index (χ0v) is 21.2. The average molecular weight is 519 g/mol. The topological polar surface area (TPSA) is 122 Å². The standard InChI is InChI=1S/C27H26N4O5S/c1-36-21-12-6-18(7-13-21)29-24-23(25(28)37(2,34)35)27(14-15-27)17-31(26(24)33)20-10-8-19(9-11-20)30-16-4-3-5-22(30)32/h3-13,16,23,28H,14-15,17H2,1-2H3. The minimum Gasteiger partial charge on any atom is -0.497 e. The van der Waals surface area contributed by atoms with E-state index in [-0.39, 0.29) is 17.8 Å². The van der Waals surface area contributed by atoms with E-state index in [2.05, 4.69) is 4.99 Å². The van der Waals surface area contributed by atoms with Crippen LogP contribution < -0.4 is 15.2 Å². The molecule has 2 aromatic carbocycles. The molecule has 190 valence electrons. The molecule has 9 nitrogen and oxygen atoms in total. The van der Waals surface area contributed by atoms with Crippen molar-refractivity contribution in [2.45, 2.75) is 12.8 Å². The zero-order valence-electron chi connectivity index (χ0n) is 20.4. The molecular formula is C27H26N4O5S. The first-order chi connectivity index (χ1) is 17.6. The molecule has 1 atom stereocenters. The Kier molecular flexibility index (Phi) is 6.07. The summed E-state index contributed by atoms with van der Waals surface area (Å²) in [6.07, 6.45) is 4.03. The van der Waals surface area contributed by atoms with Crippen molar-refractivity contribution >= 4 is 37.9 Å². The summed E-state index contributed by atoms with van der Waals surface area (Å²) in [7, 11) is -2.29. The van der Waals surface area contributed by atoms with Crippen LogP contribution in [0.25, 0.3) is 5.69 Å². The second kappa shape index (κ2) is 9.11. The number of methoxy groups -OCH3 is 1. The van der Waals surface area contributed by atoms with Crippen molar-refractivity contribution in [2.75, 3.05) is 24.8 Å². The van der Waals surface area contributed by atoms with Gasteiger partial charge in [0, 0.05) is 41.9 Å². The lowest BCUT2D eigenvalue weighted by molar-refractivity contribution is -0.113. The van der Waals surface area contributed by atoms with Gasteiger partial charge in [0.1, 0.15) is 16.5 Å². The summed E-state index contributed by atoms with van der Waals surface area (Å²) in [5.74, 6) is -0.746. The maximum atomic E-state index is 13.8. The summed E-state index contributed by atoms with van der Waals surface area (Å²) in [6, 6.07) is 18.7. The van der Waals surface area contributed by atoms with Gasteiger partial charge in [0.05, 0.1) is 18.7 Å². The Hall–Kier alpha value is -4.05. The number of rotatable bonds is 5. The van der Waals surface area contributed by atoms with Crippen molar-refractivity contribution in [3.05, 3.63) is 83.3 Å². The molecule has 1 aliphatic heterocycles. The molecule has 2 heterocycles. The predicted octanol–water partition coefficient (Wildman–Crippen LogP) is 3.38. The first kappa shape index (κ1) is 24.6. The van der Waals surface area contributed by atoms with E-state index < -0.39 is 32.1 Å². The monoisotopic (exact) mass is 518 g/mol. The molecule has 37 heavy (non-hydrogen) atoms. The molecule has 1 amide bonds. The molecule has 5 rings (SSSR count). The van der Waals surface area contributed by atoms with Crippen molar-refractivity contribution in [3.8, 4) is 11.4 Å². The fourth-order valence-electron chi connectivity index (χ4n) is 4.80. The predicted molar refractivity (Wildman–Crippen MR) is 142 cm³/mol. The molecule has 1 N–H and O–H groups in total. The summed E-state index contributed by atoms with van der Waals surface area (Å²) >= 11 is 0. The summed E-state index contributed by atoms with van der Waals surface area (Å²) in [6.45, 7) is 0.278. The Morgan fingerprint density at radius 1 is 1.00 bits per heavy atom. The highest BCUT2D eigenvalue weighted by Crippen LogP contribution is 2.56. The average Bonchev–Trinajstić information content (AvgIpc) is 3.66. The van der Waals surface area contributed by atoms with E-state index in [1.54, 1.807) is 78.9 Å². The van der Waals surface area contributed by atoms with Crippen molar-refractivity contribution in [3.63, 3.8) is 0 Å². The Labute approximate surface area is 214 Å². The number of sulfone groups is 1. The van der Waals surface area contributed by atoms with Gasteiger partial charge in [0.25, 0.3) is 11.5 Å². The Morgan fingerprint density at radius 3 is 2.22 bits per heavy atom. The summed E-state index contributed by atoms with van der Waals surface area (Å²) < 4.78 is 31.6. The lowest BCUT2D eigenvalue weighted by Gasteiger charge is -2.39. The SMILES string of the molecule is COc1ccc(N=C2C(=O)N(c3ccc(-n4ccccc4=O)cc3)CC3(CC3)C2C(=N)S(C)(=O)=O)cc1. The van der Waals surface area contributed by atoms with Crippen molar-refractivity contribution in [2.24, 2.45) is 16.3 Å². The van der Waals surface area contributed by atoms with Crippen LogP contribution in [0.3, 0.4) is 0 Å². The molecule has 2 fully saturated rings. The minimum atomic E-state index is -3.84. The third kappa shape index (κ3) is 4.60. The molecule has 1 aliphatic carbocycles. The van der Waals surface area contributed by atoms with Crippen molar-refractivity contribution < 1.29 is 17.9 Å². The fourth-order valence-corrected chi connectivity index (χ4v) is 5.59. The fraction of sp³-hybridized carbons (Fsp3) is 0.259. The highest BCUT2D eigenvalue weighted by Gasteiger charge is 2.60. The molecule has 1 spiro atoms. The number of amides is 1. The number of benzene rings is 2. The number of piperidine rings is 1. The van der Waals surface area contributed by atoms with Crippen LogP contribution in [-0.4, -0.2) is 49.6 Å². The van der Waals surface area contributed by atoms with Gasteiger partial charge in [-0.05, 0) is 67.4 Å². The number of pyridine rings is 1. The number of nitrogens with one attached hydrogen (secondary N) is 1. The van der Waals surface area contributed by atoms with E-state index in [1.807, 2.05) is 0 Å². The summed E-state index contributed by atoms with van der Waals surface area (Å²) in [4.78, 5) is 32.2. The van der Waals surface area contributed by atoms with Crippen LogP contribution in [0.15, 0.2) is 82.7 Å². The van der Waals surface area contributed by atoms with Crippen molar-refractivity contribution in [1.29, 1.82) is 5.41 Å². The van der Waals surface area contributed by atoms with E-state index in [0.29, 0.717) is 35.7 Å². The molecule has 1 aromatic heterocycles. The van der Waals surface area contributed by atoms with Gasteiger partial charge in [0.2, 0.25) is 0 Å². The number of anilines is 1. The quantitative estimate of drug-likeness (QED) is 0.410. The van der Waals surface area contributed by atoms with E-state index >= 15 is 0 Å². The Bertz CT molecular complexity index is 1570. The first-order valence-electron chi connectivity index (χ1n) is 11.7. The first-order valence-corrected chi connectivity index (χ1v) is 13.6. The maximum Gasteiger partial charge on any atom is 0.273 e. The molecule has 0 radical (unpaired) electrons. The zero-order chi connectivity index (χ0) is 26.4. The lowest BCUT2D eigenvalue weighted by atomic mass is 9.80. The number of carbonyl (C=O) groups is 1. The summed E-state index contributed by atoms with van der Waals surface area (Å²) in [5.41, 5.74) is 1.02. The van der Waals surface area contributed by atoms with Gasteiger partial charge >= 0.3 is 0 Å². The molecule has 1 saturated carbocycles. The third-order valence-electron chi connectivity index (χ3n) is 6.96. The molecule has 1 unspecified atom stereocenters. The Balaban J connectivity index is 1.57. The van der Waals surface area contributed by atoms with E-state index in [1.165, 1.54) is 10.6 Å². The normalized spacial score (nSPS) is 19.7. The van der Waals surface area contributed by atoms with Crippen LogP contribution in [0.4, 0.5) is 11.4 Å². The molecule has 0 bridgehead atoms. The van der Waals surface area contributed by atoms with Gasteiger partial charge < -0.3 is 9.64 Å². The molecule has 2 aliphatic rings. The van der Waals surface area contributed by atoms with Crippen molar-refractivity contribution in [1.82, 2.24) is 4.57 Å². The van der Waals surface area contributed by atoms with Gasteiger partial charge in [0.15, 0.2) is 9.84 Å². The number of aromatic nitrogens is 1. The van der Waals surface area contributed by atoms with Gasteiger partial charge in [-0.25, -0.2) is 13.4 Å². The molecule has 10 heteroatoms. The Morgan fingerprint density at radius 2 is 1.65 bits per heavy atom.